The van der Waals surface area contributed by atoms with Crippen molar-refractivity contribution in [3.05, 3.63) is 66.4 Å². The lowest BCUT2D eigenvalue weighted by Gasteiger charge is -2.25. The van der Waals surface area contributed by atoms with Gasteiger partial charge in [0.15, 0.2) is 5.69 Å². The monoisotopic (exact) mass is 427 g/mol. The average molecular weight is 428 g/mol. The highest BCUT2D eigenvalue weighted by Crippen LogP contribution is 2.26. The first-order valence-electron chi connectivity index (χ1n) is 10.8. The van der Waals surface area contributed by atoms with E-state index in [0.717, 1.165) is 47.4 Å². The molecular weight excluding hydrogens is 402 g/mol. The second-order valence-electron chi connectivity index (χ2n) is 8.17. The van der Waals surface area contributed by atoms with Gasteiger partial charge in [-0.25, -0.2) is 0 Å². The molecule has 0 aliphatic carbocycles. The number of anilines is 2. The van der Waals surface area contributed by atoms with Gasteiger partial charge in [0.2, 0.25) is 0 Å². The summed E-state index contributed by atoms with van der Waals surface area (Å²) in [4.78, 5) is 24.0. The van der Waals surface area contributed by atoms with Gasteiger partial charge >= 0.3 is 0 Å². The van der Waals surface area contributed by atoms with Crippen molar-refractivity contribution in [3.63, 3.8) is 0 Å². The molecule has 0 atom stereocenters. The van der Waals surface area contributed by atoms with Gasteiger partial charge in [-0.2, -0.15) is 5.10 Å². The lowest BCUT2D eigenvalue weighted by atomic mass is 10.0. The maximum Gasteiger partial charge on any atom is 0.276 e. The van der Waals surface area contributed by atoms with Crippen LogP contribution in [0, 0.1) is 0 Å². The van der Waals surface area contributed by atoms with E-state index in [-0.39, 0.29) is 5.91 Å². The molecule has 4 heterocycles. The van der Waals surface area contributed by atoms with Crippen molar-refractivity contribution in [2.24, 2.45) is 0 Å². The lowest BCUT2D eigenvalue weighted by Crippen LogP contribution is -2.29. The van der Waals surface area contributed by atoms with Crippen molar-refractivity contribution in [3.8, 4) is 11.1 Å². The van der Waals surface area contributed by atoms with Gasteiger partial charge in [0.25, 0.3) is 5.91 Å². The highest BCUT2D eigenvalue weighted by Gasteiger charge is 2.16. The fraction of sp³-hybridized carbons (Fsp3) is 0.250. The van der Waals surface area contributed by atoms with E-state index in [0.29, 0.717) is 17.1 Å². The lowest BCUT2D eigenvalue weighted by molar-refractivity contribution is 0.102. The number of nitrogen functional groups attached to an aromatic ring is 1. The summed E-state index contributed by atoms with van der Waals surface area (Å²) in [5, 5.41) is 10.8. The third kappa shape index (κ3) is 4.31. The largest absolute Gasteiger partial charge is 0.397 e. The van der Waals surface area contributed by atoms with Crippen LogP contribution in [0.1, 0.15) is 35.4 Å². The van der Waals surface area contributed by atoms with Gasteiger partial charge in [-0.3, -0.25) is 24.8 Å². The topological polar surface area (TPSA) is 113 Å². The van der Waals surface area contributed by atoms with Gasteiger partial charge in [-0.1, -0.05) is 12.5 Å². The van der Waals surface area contributed by atoms with E-state index in [1.807, 2.05) is 36.4 Å². The molecule has 0 bridgehead atoms. The van der Waals surface area contributed by atoms with Crippen molar-refractivity contribution < 1.29 is 4.79 Å². The zero-order valence-electron chi connectivity index (χ0n) is 17.7. The van der Waals surface area contributed by atoms with Crippen LogP contribution in [0.3, 0.4) is 0 Å². The Hall–Kier alpha value is -3.78. The van der Waals surface area contributed by atoms with Crippen LogP contribution >= 0.6 is 0 Å². The smallest absolute Gasteiger partial charge is 0.276 e. The molecule has 8 nitrogen and oxygen atoms in total. The van der Waals surface area contributed by atoms with Crippen molar-refractivity contribution >= 4 is 28.2 Å². The minimum absolute atomic E-state index is 0.287. The molecule has 32 heavy (non-hydrogen) atoms. The van der Waals surface area contributed by atoms with Crippen LogP contribution in [-0.2, 0) is 6.54 Å². The number of likely N-dealkylation sites (tertiary alicyclic amines) is 1. The van der Waals surface area contributed by atoms with Crippen molar-refractivity contribution in [1.82, 2.24) is 25.1 Å². The molecule has 3 aromatic heterocycles. The Balaban J connectivity index is 1.32. The Morgan fingerprint density at radius 1 is 1.03 bits per heavy atom. The summed E-state index contributed by atoms with van der Waals surface area (Å²) in [5.41, 5.74) is 11.0. The summed E-state index contributed by atoms with van der Waals surface area (Å²) in [6.07, 6.45) is 8.87. The van der Waals surface area contributed by atoms with Crippen molar-refractivity contribution in [2.45, 2.75) is 25.8 Å². The molecule has 0 saturated carbocycles. The summed E-state index contributed by atoms with van der Waals surface area (Å²) >= 11 is 0. The van der Waals surface area contributed by atoms with E-state index in [1.165, 1.54) is 19.3 Å². The molecule has 0 spiro atoms. The maximum atomic E-state index is 12.9. The zero-order chi connectivity index (χ0) is 21.9. The Kier molecular flexibility index (Phi) is 5.51. The highest BCUT2D eigenvalue weighted by molar-refractivity contribution is 6.11. The van der Waals surface area contributed by atoms with Crippen LogP contribution in [0.25, 0.3) is 22.0 Å². The number of fused-ring (bicyclic) bond motifs is 1. The number of aromatic nitrogens is 4. The van der Waals surface area contributed by atoms with Crippen LogP contribution < -0.4 is 11.1 Å². The number of hydrogen-bond acceptors (Lipinski definition) is 6. The predicted octanol–water partition coefficient (Wildman–Crippen LogP) is 3.84. The summed E-state index contributed by atoms with van der Waals surface area (Å²) < 4.78 is 0. The van der Waals surface area contributed by atoms with Gasteiger partial charge in [0.1, 0.15) is 0 Å². The SMILES string of the molecule is Nc1cncc(-c2ccc3[nH]nc(C(=O)Nc4ccc(CN5CCCCC5)nc4)c3c2)c1. The van der Waals surface area contributed by atoms with E-state index in [9.17, 15) is 4.79 Å². The maximum absolute atomic E-state index is 12.9. The number of rotatable bonds is 5. The summed E-state index contributed by atoms with van der Waals surface area (Å²) in [6, 6.07) is 11.5. The molecule has 0 unspecified atom stereocenters. The number of hydrogen-bond donors (Lipinski definition) is 3. The van der Waals surface area contributed by atoms with E-state index in [4.69, 9.17) is 5.73 Å². The molecule has 5 rings (SSSR count). The normalized spacial score (nSPS) is 14.5. The van der Waals surface area contributed by atoms with E-state index in [1.54, 1.807) is 18.6 Å². The first kappa shape index (κ1) is 20.1. The van der Waals surface area contributed by atoms with Crippen molar-refractivity contribution in [2.75, 3.05) is 24.1 Å². The van der Waals surface area contributed by atoms with Gasteiger partial charge in [0.05, 0.1) is 28.8 Å². The van der Waals surface area contributed by atoms with Crippen LogP contribution in [0.4, 0.5) is 11.4 Å². The number of H-pyrrole nitrogens is 1. The van der Waals surface area contributed by atoms with Crippen LogP contribution in [0.2, 0.25) is 0 Å². The van der Waals surface area contributed by atoms with Crippen LogP contribution in [0.15, 0.2) is 55.0 Å². The molecule has 4 N–H and O–H groups in total. The Labute approximate surface area is 185 Å². The Morgan fingerprint density at radius 3 is 2.69 bits per heavy atom. The predicted molar refractivity (Wildman–Crippen MR) is 125 cm³/mol. The number of amides is 1. The number of nitrogens with zero attached hydrogens (tertiary/aromatic N) is 4. The number of pyridine rings is 2. The van der Waals surface area contributed by atoms with Gasteiger partial charge in [-0.15, -0.1) is 0 Å². The second kappa shape index (κ2) is 8.76. The Morgan fingerprint density at radius 2 is 1.91 bits per heavy atom. The Bertz CT molecular complexity index is 1240. The molecule has 8 heteroatoms. The number of nitrogens with two attached hydrogens (primary N) is 1. The fourth-order valence-corrected chi connectivity index (χ4v) is 4.11. The molecule has 1 fully saturated rings. The number of aromatic amines is 1. The summed E-state index contributed by atoms with van der Waals surface area (Å²) in [5.74, 6) is -0.287. The summed E-state index contributed by atoms with van der Waals surface area (Å²) in [6.45, 7) is 3.10. The molecule has 1 aliphatic rings. The standard InChI is InChI=1S/C24H25N7O/c25-18-10-17(12-26-13-18)16-4-7-22-21(11-16)23(30-29-22)24(32)28-19-5-6-20(27-14-19)15-31-8-2-1-3-9-31/h4-7,10-14H,1-3,8-9,15,25H2,(H,28,32)(H,29,30). The zero-order valence-corrected chi connectivity index (χ0v) is 17.7. The molecule has 162 valence electrons. The molecule has 1 saturated heterocycles. The quantitative estimate of drug-likeness (QED) is 0.446. The van der Waals surface area contributed by atoms with Crippen molar-refractivity contribution in [1.29, 1.82) is 0 Å². The van der Waals surface area contributed by atoms with E-state index < -0.39 is 0 Å². The number of carbonyl (C=O) groups excluding carboxylic acids is 1. The minimum atomic E-state index is -0.287. The van der Waals surface area contributed by atoms with Crippen LogP contribution in [-0.4, -0.2) is 44.1 Å². The number of benzene rings is 1. The molecule has 0 radical (unpaired) electrons. The van der Waals surface area contributed by atoms with Gasteiger partial charge < -0.3 is 11.1 Å². The van der Waals surface area contributed by atoms with E-state index >= 15 is 0 Å². The third-order valence-electron chi connectivity index (χ3n) is 5.79. The minimum Gasteiger partial charge on any atom is -0.397 e. The first-order valence-corrected chi connectivity index (χ1v) is 10.8. The third-order valence-corrected chi connectivity index (χ3v) is 5.79. The highest BCUT2D eigenvalue weighted by atomic mass is 16.1. The average Bonchev–Trinajstić information content (AvgIpc) is 3.24. The van der Waals surface area contributed by atoms with Gasteiger partial charge in [0, 0.05) is 29.9 Å². The summed E-state index contributed by atoms with van der Waals surface area (Å²) in [7, 11) is 0. The fourth-order valence-electron chi connectivity index (χ4n) is 4.11. The molecule has 1 aromatic carbocycles. The first-order chi connectivity index (χ1) is 15.7. The number of nitrogens with one attached hydrogen (secondary N) is 2. The molecule has 1 amide bonds. The molecular formula is C24H25N7O. The second-order valence-corrected chi connectivity index (χ2v) is 8.17. The number of carbonyl (C=O) groups is 1. The molecule has 1 aliphatic heterocycles. The van der Waals surface area contributed by atoms with Gasteiger partial charge in [-0.05, 0) is 61.8 Å². The van der Waals surface area contributed by atoms with Crippen LogP contribution in [0.5, 0.6) is 0 Å². The molecule has 4 aromatic rings. The number of piperidine rings is 1. The van der Waals surface area contributed by atoms with E-state index in [2.05, 4.69) is 30.4 Å².